The van der Waals surface area contributed by atoms with E-state index in [0.29, 0.717) is 17.4 Å². The maximum absolute atomic E-state index is 11.9. The number of hydrogen-bond acceptors (Lipinski definition) is 7. The topological polar surface area (TPSA) is 87.3 Å². The molecule has 1 aliphatic rings. The number of nitrogen functional groups attached to an aromatic ring is 1. The predicted octanol–water partition coefficient (Wildman–Crippen LogP) is 4.04. The van der Waals surface area contributed by atoms with E-state index in [2.05, 4.69) is 25.9 Å². The summed E-state index contributed by atoms with van der Waals surface area (Å²) >= 11 is 5.02. The molecule has 0 bridgehead atoms. The lowest BCUT2D eigenvalue weighted by Crippen LogP contribution is -2.15. The van der Waals surface area contributed by atoms with Crippen LogP contribution in [-0.4, -0.2) is 22.5 Å². The zero-order valence-corrected chi connectivity index (χ0v) is 16.9. The molecule has 0 aliphatic heterocycles. The molecule has 8 heteroatoms. The Morgan fingerprint density at radius 3 is 2.96 bits per heavy atom. The van der Waals surface area contributed by atoms with E-state index in [1.54, 1.807) is 23.5 Å². The Morgan fingerprint density at radius 2 is 2.11 bits per heavy atom. The normalized spacial score (nSPS) is 13.4. The van der Waals surface area contributed by atoms with Gasteiger partial charge in [-0.05, 0) is 49.4 Å². The quantitative estimate of drug-likeness (QED) is 0.593. The lowest BCUT2D eigenvalue weighted by atomic mass is 9.97. The highest BCUT2D eigenvalue weighted by atomic mass is 79.9. The van der Waals surface area contributed by atoms with Crippen LogP contribution in [0.4, 0.5) is 5.82 Å². The molecule has 1 aromatic carbocycles. The monoisotopic (exact) mass is 447 g/mol. The smallest absolute Gasteiger partial charge is 0.344 e. The summed E-state index contributed by atoms with van der Waals surface area (Å²) in [5, 5.41) is 0.975. The summed E-state index contributed by atoms with van der Waals surface area (Å²) in [6.07, 6.45) is 4.49. The minimum Gasteiger partial charge on any atom is -0.482 e. The van der Waals surface area contributed by atoms with Crippen LogP contribution in [0.2, 0.25) is 0 Å². The van der Waals surface area contributed by atoms with Gasteiger partial charge in [-0.3, -0.25) is 0 Å². The number of aromatic nitrogens is 2. The number of halogens is 1. The molecule has 0 unspecified atom stereocenters. The van der Waals surface area contributed by atoms with Gasteiger partial charge in [-0.2, -0.15) is 0 Å². The molecule has 2 aromatic heterocycles. The van der Waals surface area contributed by atoms with Crippen molar-refractivity contribution in [1.82, 2.24) is 9.97 Å². The molecule has 4 rings (SSSR count). The van der Waals surface area contributed by atoms with Gasteiger partial charge in [0.05, 0.1) is 5.39 Å². The first-order valence-electron chi connectivity index (χ1n) is 8.71. The Kier molecular flexibility index (Phi) is 5.27. The highest BCUT2D eigenvalue weighted by Crippen LogP contribution is 2.37. The summed E-state index contributed by atoms with van der Waals surface area (Å²) in [5.74, 6) is 0.986. The van der Waals surface area contributed by atoms with Gasteiger partial charge in [0, 0.05) is 9.35 Å². The maximum Gasteiger partial charge on any atom is 0.344 e. The molecule has 1 aliphatic carbocycles. The average molecular weight is 448 g/mol. The molecule has 3 aromatic rings. The highest BCUT2D eigenvalue weighted by Gasteiger charge is 2.20. The van der Waals surface area contributed by atoms with Crippen LogP contribution in [0, 0.1) is 0 Å². The van der Waals surface area contributed by atoms with E-state index in [4.69, 9.17) is 15.2 Å². The second kappa shape index (κ2) is 7.82. The summed E-state index contributed by atoms with van der Waals surface area (Å²) in [6.45, 7) is -0.204. The van der Waals surface area contributed by atoms with Crippen molar-refractivity contribution in [2.45, 2.75) is 32.3 Å². The Hall–Kier alpha value is -2.19. The van der Waals surface area contributed by atoms with E-state index in [-0.39, 0.29) is 13.2 Å². The van der Waals surface area contributed by atoms with Crippen molar-refractivity contribution in [2.75, 3.05) is 12.3 Å². The molecular formula is C19H18BrN3O3S. The van der Waals surface area contributed by atoms with Crippen molar-refractivity contribution in [3.63, 3.8) is 0 Å². The number of nitrogens with zero attached hydrogens (tertiary/aromatic N) is 2. The molecule has 2 N–H and O–H groups in total. The molecule has 0 saturated heterocycles. The number of carbonyl (C=O) groups is 1. The van der Waals surface area contributed by atoms with Crippen molar-refractivity contribution in [3.8, 4) is 5.75 Å². The Bertz CT molecular complexity index is 1010. The second-order valence-electron chi connectivity index (χ2n) is 6.32. The van der Waals surface area contributed by atoms with Gasteiger partial charge in [-0.15, -0.1) is 11.3 Å². The van der Waals surface area contributed by atoms with Crippen LogP contribution in [0.15, 0.2) is 28.7 Å². The van der Waals surface area contributed by atoms with Gasteiger partial charge in [-0.25, -0.2) is 14.8 Å². The van der Waals surface area contributed by atoms with E-state index in [9.17, 15) is 4.79 Å². The molecule has 140 valence electrons. The number of nitrogens with two attached hydrogens (primary N) is 1. The van der Waals surface area contributed by atoms with Gasteiger partial charge < -0.3 is 15.2 Å². The lowest BCUT2D eigenvalue weighted by Gasteiger charge is -2.11. The number of ether oxygens (including phenoxy) is 2. The third-order valence-electron chi connectivity index (χ3n) is 4.40. The number of rotatable bonds is 5. The number of benzene rings is 1. The maximum atomic E-state index is 11.9. The molecular weight excluding hydrogens is 430 g/mol. The first kappa shape index (κ1) is 18.2. The van der Waals surface area contributed by atoms with Crippen LogP contribution in [0.1, 0.15) is 29.1 Å². The second-order valence-corrected chi connectivity index (χ2v) is 8.32. The van der Waals surface area contributed by atoms with E-state index < -0.39 is 5.97 Å². The predicted molar refractivity (Wildman–Crippen MR) is 108 cm³/mol. The van der Waals surface area contributed by atoms with Crippen molar-refractivity contribution < 1.29 is 14.3 Å². The summed E-state index contributed by atoms with van der Waals surface area (Å²) in [7, 11) is 0. The fourth-order valence-electron chi connectivity index (χ4n) is 3.18. The molecule has 6 nitrogen and oxygen atoms in total. The SMILES string of the molecule is Nc1nc(COC(=O)COc2cccc(Br)c2)nc2sc3c(c12)CCCC3. The van der Waals surface area contributed by atoms with Crippen molar-refractivity contribution in [3.05, 3.63) is 45.0 Å². The molecule has 0 amide bonds. The number of anilines is 1. The number of carbonyl (C=O) groups excluding carboxylic acids is 1. The zero-order chi connectivity index (χ0) is 18.8. The van der Waals surface area contributed by atoms with Gasteiger partial charge in [0.1, 0.15) is 16.4 Å². The molecule has 0 spiro atoms. The van der Waals surface area contributed by atoms with Crippen LogP contribution < -0.4 is 10.5 Å². The van der Waals surface area contributed by atoms with Gasteiger partial charge in [0.15, 0.2) is 19.0 Å². The van der Waals surface area contributed by atoms with Gasteiger partial charge in [0.2, 0.25) is 0 Å². The molecule has 0 fully saturated rings. The Morgan fingerprint density at radius 1 is 1.26 bits per heavy atom. The van der Waals surface area contributed by atoms with Crippen LogP contribution in [0.25, 0.3) is 10.2 Å². The summed E-state index contributed by atoms with van der Waals surface area (Å²) in [5.41, 5.74) is 7.46. The van der Waals surface area contributed by atoms with Crippen LogP contribution >= 0.6 is 27.3 Å². The highest BCUT2D eigenvalue weighted by molar-refractivity contribution is 9.10. The summed E-state index contributed by atoms with van der Waals surface area (Å²) in [6, 6.07) is 7.26. The number of esters is 1. The minimum atomic E-state index is -0.484. The molecule has 2 heterocycles. The molecule has 0 atom stereocenters. The first-order chi connectivity index (χ1) is 13.1. The summed E-state index contributed by atoms with van der Waals surface area (Å²) < 4.78 is 11.5. The van der Waals surface area contributed by atoms with Gasteiger partial charge in [0.25, 0.3) is 0 Å². The fraction of sp³-hybridized carbons (Fsp3) is 0.316. The Labute approximate surface area is 168 Å². The largest absolute Gasteiger partial charge is 0.482 e. The number of hydrogen-bond donors (Lipinski definition) is 1. The van der Waals surface area contributed by atoms with E-state index >= 15 is 0 Å². The van der Waals surface area contributed by atoms with Crippen LogP contribution in [0.3, 0.4) is 0 Å². The third-order valence-corrected chi connectivity index (χ3v) is 6.08. The number of thiophene rings is 1. The number of aryl methyl sites for hydroxylation is 2. The fourth-order valence-corrected chi connectivity index (χ4v) is 4.85. The third kappa shape index (κ3) is 4.06. The molecule has 27 heavy (non-hydrogen) atoms. The van der Waals surface area contributed by atoms with Crippen molar-refractivity contribution in [2.24, 2.45) is 0 Å². The molecule has 0 radical (unpaired) electrons. The summed E-state index contributed by atoms with van der Waals surface area (Å²) in [4.78, 5) is 23.1. The van der Waals surface area contributed by atoms with Crippen LogP contribution in [-0.2, 0) is 29.0 Å². The Balaban J connectivity index is 1.40. The lowest BCUT2D eigenvalue weighted by molar-refractivity contribution is -0.147. The average Bonchev–Trinajstić information content (AvgIpc) is 3.03. The van der Waals surface area contributed by atoms with Gasteiger partial charge >= 0.3 is 5.97 Å². The van der Waals surface area contributed by atoms with E-state index in [1.807, 2.05) is 12.1 Å². The standard InChI is InChI=1S/C19H18BrN3O3S/c20-11-4-3-5-12(8-11)25-10-16(24)26-9-15-22-18(21)17-13-6-1-2-7-14(13)27-19(17)23-15/h3-5,8H,1-2,6-7,9-10H2,(H2,21,22,23). The van der Waals surface area contributed by atoms with Gasteiger partial charge in [-0.1, -0.05) is 22.0 Å². The minimum absolute atomic E-state index is 0.0244. The van der Waals surface area contributed by atoms with E-state index in [1.165, 1.54) is 23.3 Å². The van der Waals surface area contributed by atoms with Crippen LogP contribution in [0.5, 0.6) is 5.75 Å². The van der Waals surface area contributed by atoms with E-state index in [0.717, 1.165) is 27.5 Å². The molecule has 0 saturated carbocycles. The van der Waals surface area contributed by atoms with Crippen molar-refractivity contribution in [1.29, 1.82) is 0 Å². The number of fused-ring (bicyclic) bond motifs is 3. The first-order valence-corrected chi connectivity index (χ1v) is 10.3. The zero-order valence-electron chi connectivity index (χ0n) is 14.5. The van der Waals surface area contributed by atoms with Crippen molar-refractivity contribution >= 4 is 49.3 Å².